The van der Waals surface area contributed by atoms with Crippen LogP contribution in [0.15, 0.2) is 12.1 Å². The molecule has 17 heavy (non-hydrogen) atoms. The van der Waals surface area contributed by atoms with Crippen LogP contribution in [0, 0.1) is 0 Å². The molecule has 3 nitrogen and oxygen atoms in total. The summed E-state index contributed by atoms with van der Waals surface area (Å²) < 4.78 is 0.610. The molecule has 1 saturated heterocycles. The minimum absolute atomic E-state index is 0.00875. The molecule has 0 saturated carbocycles. The van der Waals surface area contributed by atoms with Crippen molar-refractivity contribution in [1.82, 2.24) is 4.90 Å². The van der Waals surface area contributed by atoms with Gasteiger partial charge < -0.3 is 4.90 Å². The van der Waals surface area contributed by atoms with Gasteiger partial charge in [-0.1, -0.05) is 11.6 Å². The van der Waals surface area contributed by atoms with Gasteiger partial charge >= 0.3 is 0 Å². The lowest BCUT2D eigenvalue weighted by Gasteiger charge is -2.14. The average Bonchev–Trinajstić information content (AvgIpc) is 2.95. The summed E-state index contributed by atoms with van der Waals surface area (Å²) >= 11 is 7.03. The van der Waals surface area contributed by atoms with Crippen molar-refractivity contribution in [3.05, 3.63) is 21.3 Å². The number of likely N-dealkylation sites (tertiary alicyclic amines) is 1. The number of rotatable bonds is 4. The molecule has 1 fully saturated rings. The van der Waals surface area contributed by atoms with Crippen molar-refractivity contribution in [2.75, 3.05) is 13.1 Å². The predicted octanol–water partition coefficient (Wildman–Crippen LogP) is 2.99. The number of nitrogens with zero attached hydrogens (tertiary/aromatic N) is 1. The fourth-order valence-electron chi connectivity index (χ4n) is 1.93. The highest BCUT2D eigenvalue weighted by molar-refractivity contribution is 7.18. The molecule has 1 aliphatic heterocycles. The van der Waals surface area contributed by atoms with Gasteiger partial charge in [0.2, 0.25) is 5.91 Å². The number of hydrogen-bond donors (Lipinski definition) is 0. The molecule has 0 bridgehead atoms. The number of amides is 1. The fraction of sp³-hybridized carbons (Fsp3) is 0.500. The van der Waals surface area contributed by atoms with Gasteiger partial charge in [-0.15, -0.1) is 11.3 Å². The van der Waals surface area contributed by atoms with Crippen LogP contribution in [0.2, 0.25) is 4.34 Å². The van der Waals surface area contributed by atoms with Crippen LogP contribution in [-0.2, 0) is 4.79 Å². The van der Waals surface area contributed by atoms with Crippen LogP contribution in [-0.4, -0.2) is 29.7 Å². The van der Waals surface area contributed by atoms with Crippen molar-refractivity contribution in [2.45, 2.75) is 25.7 Å². The Balaban J connectivity index is 1.81. The van der Waals surface area contributed by atoms with Crippen molar-refractivity contribution >= 4 is 34.6 Å². The number of Topliss-reactive ketones (excluding diaryl/α,β-unsaturated/α-hetero) is 1. The lowest BCUT2D eigenvalue weighted by molar-refractivity contribution is -0.130. The van der Waals surface area contributed by atoms with E-state index < -0.39 is 0 Å². The van der Waals surface area contributed by atoms with E-state index in [0.29, 0.717) is 15.6 Å². The van der Waals surface area contributed by atoms with E-state index in [1.807, 2.05) is 4.90 Å². The molecule has 1 aromatic rings. The van der Waals surface area contributed by atoms with Crippen molar-refractivity contribution < 1.29 is 9.59 Å². The molecule has 1 amide bonds. The summed E-state index contributed by atoms with van der Waals surface area (Å²) in [6.07, 6.45) is 2.76. The molecule has 5 heteroatoms. The van der Waals surface area contributed by atoms with Crippen molar-refractivity contribution in [1.29, 1.82) is 0 Å². The van der Waals surface area contributed by atoms with E-state index in [1.54, 1.807) is 12.1 Å². The smallest absolute Gasteiger partial charge is 0.223 e. The summed E-state index contributed by atoms with van der Waals surface area (Å²) in [5.74, 6) is 0.105. The maximum Gasteiger partial charge on any atom is 0.223 e. The molecular weight excluding hydrogens is 258 g/mol. The van der Waals surface area contributed by atoms with E-state index in [4.69, 9.17) is 11.6 Å². The Labute approximate surface area is 109 Å². The number of carbonyl (C=O) groups is 2. The number of carbonyl (C=O) groups excluding carboxylic acids is 2. The first-order chi connectivity index (χ1) is 8.16. The molecule has 2 rings (SSSR count). The Morgan fingerprint density at radius 1 is 1.24 bits per heavy atom. The van der Waals surface area contributed by atoms with Gasteiger partial charge in [0, 0.05) is 25.9 Å². The van der Waals surface area contributed by atoms with Gasteiger partial charge in [0.05, 0.1) is 9.21 Å². The normalized spacial score (nSPS) is 15.2. The summed E-state index contributed by atoms with van der Waals surface area (Å²) in [5.41, 5.74) is 0. The zero-order valence-corrected chi connectivity index (χ0v) is 11.0. The Hall–Kier alpha value is -0.870. The second-order valence-corrected chi connectivity index (χ2v) is 5.83. The minimum Gasteiger partial charge on any atom is -0.343 e. The lowest BCUT2D eigenvalue weighted by Crippen LogP contribution is -2.27. The highest BCUT2D eigenvalue weighted by Crippen LogP contribution is 2.23. The first-order valence-corrected chi connectivity index (χ1v) is 6.92. The van der Waals surface area contributed by atoms with Gasteiger partial charge in [-0.3, -0.25) is 9.59 Å². The molecule has 0 aromatic carbocycles. The minimum atomic E-state index is 0.00875. The summed E-state index contributed by atoms with van der Waals surface area (Å²) in [6, 6.07) is 3.43. The van der Waals surface area contributed by atoms with E-state index in [2.05, 4.69) is 0 Å². The second kappa shape index (κ2) is 5.65. The van der Waals surface area contributed by atoms with Crippen molar-refractivity contribution in [3.63, 3.8) is 0 Å². The first-order valence-electron chi connectivity index (χ1n) is 5.73. The van der Waals surface area contributed by atoms with Crippen LogP contribution >= 0.6 is 22.9 Å². The van der Waals surface area contributed by atoms with Crippen LogP contribution < -0.4 is 0 Å². The zero-order chi connectivity index (χ0) is 12.3. The van der Waals surface area contributed by atoms with Crippen LogP contribution in [0.4, 0.5) is 0 Å². The molecule has 2 heterocycles. The SMILES string of the molecule is O=C(CCC(=O)N1CCCC1)c1ccc(Cl)s1. The van der Waals surface area contributed by atoms with E-state index >= 15 is 0 Å². The Kier molecular flexibility index (Phi) is 4.18. The molecule has 0 unspecified atom stereocenters. The molecule has 0 spiro atoms. The Morgan fingerprint density at radius 2 is 1.94 bits per heavy atom. The number of halogens is 1. The molecule has 0 N–H and O–H groups in total. The summed E-state index contributed by atoms with van der Waals surface area (Å²) in [7, 11) is 0. The molecular formula is C12H14ClNO2S. The van der Waals surface area contributed by atoms with E-state index in [0.717, 1.165) is 25.9 Å². The number of hydrogen-bond acceptors (Lipinski definition) is 3. The van der Waals surface area contributed by atoms with Crippen molar-refractivity contribution in [3.8, 4) is 0 Å². The van der Waals surface area contributed by atoms with Gasteiger partial charge in [0.15, 0.2) is 5.78 Å². The number of thiophene rings is 1. The predicted molar refractivity (Wildman–Crippen MR) is 68.7 cm³/mol. The zero-order valence-electron chi connectivity index (χ0n) is 9.45. The van der Waals surface area contributed by atoms with Crippen LogP contribution in [0.1, 0.15) is 35.4 Å². The quantitative estimate of drug-likeness (QED) is 0.790. The van der Waals surface area contributed by atoms with Gasteiger partial charge in [-0.2, -0.15) is 0 Å². The fourth-order valence-corrected chi connectivity index (χ4v) is 2.94. The van der Waals surface area contributed by atoms with Crippen LogP contribution in [0.25, 0.3) is 0 Å². The summed E-state index contributed by atoms with van der Waals surface area (Å²) in [5, 5.41) is 0. The van der Waals surface area contributed by atoms with Crippen LogP contribution in [0.3, 0.4) is 0 Å². The summed E-state index contributed by atoms with van der Waals surface area (Å²) in [4.78, 5) is 26.0. The van der Waals surface area contributed by atoms with Gasteiger partial charge in [-0.05, 0) is 25.0 Å². The van der Waals surface area contributed by atoms with Crippen molar-refractivity contribution in [2.24, 2.45) is 0 Å². The molecule has 0 atom stereocenters. The third-order valence-corrected chi connectivity index (χ3v) is 4.14. The van der Waals surface area contributed by atoms with Gasteiger partial charge in [0.25, 0.3) is 0 Å². The third kappa shape index (κ3) is 3.30. The van der Waals surface area contributed by atoms with Gasteiger partial charge in [-0.25, -0.2) is 0 Å². The lowest BCUT2D eigenvalue weighted by atomic mass is 10.2. The highest BCUT2D eigenvalue weighted by atomic mass is 35.5. The second-order valence-electron chi connectivity index (χ2n) is 4.11. The monoisotopic (exact) mass is 271 g/mol. The third-order valence-electron chi connectivity index (χ3n) is 2.87. The van der Waals surface area contributed by atoms with Gasteiger partial charge in [0.1, 0.15) is 0 Å². The molecule has 0 aliphatic carbocycles. The molecule has 0 radical (unpaired) electrons. The highest BCUT2D eigenvalue weighted by Gasteiger charge is 2.19. The topological polar surface area (TPSA) is 37.4 Å². The maximum atomic E-state index is 11.8. The molecule has 1 aliphatic rings. The Morgan fingerprint density at radius 3 is 2.53 bits per heavy atom. The average molecular weight is 272 g/mol. The Bertz CT molecular complexity index is 424. The number of ketones is 1. The molecule has 1 aromatic heterocycles. The van der Waals surface area contributed by atoms with E-state index in [-0.39, 0.29) is 18.1 Å². The van der Waals surface area contributed by atoms with Crippen LogP contribution in [0.5, 0.6) is 0 Å². The van der Waals surface area contributed by atoms with E-state index in [1.165, 1.54) is 11.3 Å². The first kappa shape index (κ1) is 12.6. The standard InChI is InChI=1S/C12H14ClNO2S/c13-11-5-4-10(17-11)9(15)3-6-12(16)14-7-1-2-8-14/h4-5H,1-3,6-8H2. The largest absolute Gasteiger partial charge is 0.343 e. The summed E-state index contributed by atoms with van der Waals surface area (Å²) in [6.45, 7) is 1.69. The maximum absolute atomic E-state index is 11.8. The molecule has 92 valence electrons. The van der Waals surface area contributed by atoms with E-state index in [9.17, 15) is 9.59 Å².